The van der Waals surface area contributed by atoms with Gasteiger partial charge in [0.25, 0.3) is 0 Å². The quantitative estimate of drug-likeness (QED) is 0.482. The molecule has 1 aromatic carbocycles. The number of carbonyl (C=O) groups excluding carboxylic acids is 1. The van der Waals surface area contributed by atoms with Gasteiger partial charge in [0.15, 0.2) is 0 Å². The van der Waals surface area contributed by atoms with Gasteiger partial charge in [-0.05, 0) is 77.1 Å². The molecule has 37 heavy (non-hydrogen) atoms. The first kappa shape index (κ1) is 27.9. The van der Waals surface area contributed by atoms with Crippen molar-refractivity contribution in [3.63, 3.8) is 0 Å². The molecule has 3 atom stereocenters. The molecule has 2 aliphatic rings. The van der Waals surface area contributed by atoms with Crippen LogP contribution in [0.15, 0.2) is 18.2 Å². The maximum atomic E-state index is 12.9. The number of aromatic nitrogens is 1. The molecule has 4 rings (SSSR count). The van der Waals surface area contributed by atoms with E-state index in [-0.39, 0.29) is 12.1 Å². The zero-order valence-corrected chi connectivity index (χ0v) is 24.4. The average molecular weight is 511 g/mol. The second kappa shape index (κ2) is 12.2. The number of hydrogen-bond donors (Lipinski definition) is 1. The van der Waals surface area contributed by atoms with Gasteiger partial charge in [-0.25, -0.2) is 4.79 Å². The van der Waals surface area contributed by atoms with Gasteiger partial charge in [-0.3, -0.25) is 9.80 Å². The Hall–Kier alpha value is -2.09. The number of hydrogen-bond acceptors (Lipinski definition) is 4. The third-order valence-electron chi connectivity index (χ3n) is 9.11. The SMILES string of the molecule is CCN(CC)Cc1c2c3c(cccc3n1CN(CC)CC)[C@H]1C[C@H](NC(=O)N(CC)CC)CN(C)[C@@H]1C2. The fourth-order valence-corrected chi connectivity index (χ4v) is 6.77. The summed E-state index contributed by atoms with van der Waals surface area (Å²) in [6.45, 7) is 21.8. The molecule has 1 saturated heterocycles. The summed E-state index contributed by atoms with van der Waals surface area (Å²) in [5.41, 5.74) is 5.93. The molecule has 0 unspecified atom stereocenters. The smallest absolute Gasteiger partial charge is 0.317 e. The summed E-state index contributed by atoms with van der Waals surface area (Å²) in [6, 6.07) is 7.69. The molecule has 0 bridgehead atoms. The van der Waals surface area contributed by atoms with E-state index in [2.05, 4.69) is 77.5 Å². The average Bonchev–Trinajstić information content (AvgIpc) is 3.19. The van der Waals surface area contributed by atoms with Crippen LogP contribution in [-0.2, 0) is 19.6 Å². The lowest BCUT2D eigenvalue weighted by Gasteiger charge is -2.46. The predicted octanol–water partition coefficient (Wildman–Crippen LogP) is 4.55. The lowest BCUT2D eigenvalue weighted by molar-refractivity contribution is 0.123. The molecule has 0 radical (unpaired) electrons. The van der Waals surface area contributed by atoms with Crippen molar-refractivity contribution in [1.82, 2.24) is 29.5 Å². The number of piperidine rings is 1. The number of likely N-dealkylation sites (tertiary alicyclic amines) is 1. The summed E-state index contributed by atoms with van der Waals surface area (Å²) in [5, 5.41) is 4.85. The number of nitrogens with zero attached hydrogens (tertiary/aromatic N) is 5. The van der Waals surface area contributed by atoms with Gasteiger partial charge in [-0.1, -0.05) is 39.8 Å². The molecule has 1 aliphatic heterocycles. The highest BCUT2D eigenvalue weighted by Crippen LogP contribution is 2.45. The van der Waals surface area contributed by atoms with Crippen molar-refractivity contribution in [2.45, 2.75) is 85.6 Å². The molecule has 7 nitrogen and oxygen atoms in total. The Kier molecular flexibility index (Phi) is 9.20. The van der Waals surface area contributed by atoms with Crippen molar-refractivity contribution in [1.29, 1.82) is 0 Å². The van der Waals surface area contributed by atoms with Gasteiger partial charge in [-0.2, -0.15) is 0 Å². The number of amides is 2. The lowest BCUT2D eigenvalue weighted by atomic mass is 9.73. The van der Waals surface area contributed by atoms with E-state index in [0.717, 1.165) is 71.9 Å². The van der Waals surface area contributed by atoms with Crippen molar-refractivity contribution >= 4 is 16.9 Å². The number of urea groups is 1. The van der Waals surface area contributed by atoms with Crippen LogP contribution in [0, 0.1) is 0 Å². The molecule has 206 valence electrons. The maximum absolute atomic E-state index is 12.9. The number of fused-ring (bicyclic) bond motifs is 2. The summed E-state index contributed by atoms with van der Waals surface area (Å²) < 4.78 is 2.62. The number of carbonyl (C=O) groups is 1. The largest absolute Gasteiger partial charge is 0.334 e. The van der Waals surface area contributed by atoms with Crippen LogP contribution in [0.25, 0.3) is 10.9 Å². The van der Waals surface area contributed by atoms with Crippen LogP contribution >= 0.6 is 0 Å². The first-order chi connectivity index (χ1) is 17.9. The van der Waals surface area contributed by atoms with Crippen LogP contribution in [0.3, 0.4) is 0 Å². The van der Waals surface area contributed by atoms with Crippen LogP contribution in [0.5, 0.6) is 0 Å². The Balaban J connectivity index is 1.75. The van der Waals surface area contributed by atoms with E-state index in [1.165, 1.54) is 22.2 Å². The third-order valence-corrected chi connectivity index (χ3v) is 9.11. The molecule has 1 fully saturated rings. The first-order valence-corrected chi connectivity index (χ1v) is 14.7. The Morgan fingerprint density at radius 3 is 2.27 bits per heavy atom. The molecule has 2 aromatic rings. The second-order valence-electron chi connectivity index (χ2n) is 10.9. The second-order valence-corrected chi connectivity index (χ2v) is 10.9. The van der Waals surface area contributed by atoms with Gasteiger partial charge in [0.2, 0.25) is 0 Å². The summed E-state index contributed by atoms with van der Waals surface area (Å²) >= 11 is 0. The van der Waals surface area contributed by atoms with E-state index in [9.17, 15) is 4.79 Å². The van der Waals surface area contributed by atoms with Crippen molar-refractivity contribution in [3.05, 3.63) is 35.0 Å². The molecule has 2 amide bonds. The molecular formula is C30H50N6O. The van der Waals surface area contributed by atoms with Crippen LogP contribution < -0.4 is 5.32 Å². The third kappa shape index (κ3) is 5.41. The van der Waals surface area contributed by atoms with Crippen molar-refractivity contribution in [3.8, 4) is 0 Å². The molecule has 1 N–H and O–H groups in total. The van der Waals surface area contributed by atoms with Crippen LogP contribution in [0.4, 0.5) is 4.79 Å². The van der Waals surface area contributed by atoms with Gasteiger partial charge in [0.1, 0.15) is 0 Å². The summed E-state index contributed by atoms with van der Waals surface area (Å²) in [6.07, 6.45) is 2.10. The standard InChI is InChI=1S/C30H50N6O/c1-8-33(9-2)20-28-25-18-27-24(17-22(19-32(27)7)31-30(37)35(12-5)13-6)23-15-14-16-26(29(23)25)36(28)21-34(10-3)11-4/h14-16,22,24,27H,8-13,17-21H2,1-7H3,(H,31,37)/t22-,24+,27+/m0/s1. The highest BCUT2D eigenvalue weighted by molar-refractivity contribution is 5.90. The van der Waals surface area contributed by atoms with Crippen LogP contribution in [0.1, 0.15) is 70.7 Å². The molecule has 2 heterocycles. The number of benzene rings is 1. The van der Waals surface area contributed by atoms with Crippen LogP contribution in [0.2, 0.25) is 0 Å². The maximum Gasteiger partial charge on any atom is 0.317 e. The first-order valence-electron chi connectivity index (χ1n) is 14.7. The van der Waals surface area contributed by atoms with E-state index in [4.69, 9.17) is 0 Å². The number of nitrogens with one attached hydrogen (secondary N) is 1. The molecular weight excluding hydrogens is 460 g/mol. The van der Waals surface area contributed by atoms with Gasteiger partial charge < -0.3 is 19.7 Å². The Labute approximate surface area is 224 Å². The fraction of sp³-hybridized carbons (Fsp3) is 0.700. The fourth-order valence-electron chi connectivity index (χ4n) is 6.77. The number of rotatable bonds is 11. The zero-order valence-electron chi connectivity index (χ0n) is 24.4. The van der Waals surface area contributed by atoms with Gasteiger partial charge in [0.05, 0.1) is 6.67 Å². The minimum absolute atomic E-state index is 0.0726. The lowest BCUT2D eigenvalue weighted by Crippen LogP contribution is -2.56. The van der Waals surface area contributed by atoms with Gasteiger partial charge in [-0.15, -0.1) is 0 Å². The normalized spacial score (nSPS) is 21.6. The Bertz CT molecular complexity index is 1050. The minimum Gasteiger partial charge on any atom is -0.334 e. The minimum atomic E-state index is 0.0726. The number of likely N-dealkylation sites (N-methyl/N-ethyl adjacent to an activating group) is 1. The van der Waals surface area contributed by atoms with Gasteiger partial charge in [0, 0.05) is 60.8 Å². The summed E-state index contributed by atoms with van der Waals surface area (Å²) in [5.74, 6) is 0.433. The molecule has 1 aromatic heterocycles. The summed E-state index contributed by atoms with van der Waals surface area (Å²) in [7, 11) is 2.26. The zero-order chi connectivity index (χ0) is 26.7. The predicted molar refractivity (Wildman–Crippen MR) is 154 cm³/mol. The Morgan fingerprint density at radius 1 is 0.973 bits per heavy atom. The molecule has 0 spiro atoms. The summed E-state index contributed by atoms with van der Waals surface area (Å²) in [4.78, 5) is 22.4. The van der Waals surface area contributed by atoms with E-state index in [1.807, 2.05) is 18.7 Å². The highest BCUT2D eigenvalue weighted by Gasteiger charge is 2.41. The molecule has 0 saturated carbocycles. The van der Waals surface area contributed by atoms with E-state index in [1.54, 1.807) is 5.56 Å². The van der Waals surface area contributed by atoms with Crippen molar-refractivity contribution in [2.24, 2.45) is 0 Å². The monoisotopic (exact) mass is 510 g/mol. The topological polar surface area (TPSA) is 47.0 Å². The Morgan fingerprint density at radius 2 is 1.65 bits per heavy atom. The molecule has 7 heteroatoms. The van der Waals surface area contributed by atoms with Gasteiger partial charge >= 0.3 is 6.03 Å². The van der Waals surface area contributed by atoms with Crippen molar-refractivity contribution < 1.29 is 4.79 Å². The van der Waals surface area contributed by atoms with E-state index < -0.39 is 0 Å². The van der Waals surface area contributed by atoms with E-state index >= 15 is 0 Å². The molecule has 1 aliphatic carbocycles. The van der Waals surface area contributed by atoms with Crippen LogP contribution in [-0.4, -0.2) is 95.1 Å². The highest BCUT2D eigenvalue weighted by atomic mass is 16.2. The van der Waals surface area contributed by atoms with Crippen molar-refractivity contribution in [2.75, 3.05) is 52.9 Å². The van der Waals surface area contributed by atoms with E-state index in [0.29, 0.717) is 12.0 Å².